The Morgan fingerprint density at radius 1 is 1.24 bits per heavy atom. The fraction of sp³-hybridized carbons (Fsp3) is 0.348. The fourth-order valence-electron chi connectivity index (χ4n) is 4.09. The first kappa shape index (κ1) is 21.0. The number of carbonyl (C=O) groups excluding carboxylic acids is 4. The predicted molar refractivity (Wildman–Crippen MR) is 113 cm³/mol. The lowest BCUT2D eigenvalue weighted by Gasteiger charge is -2.29. The van der Waals surface area contributed by atoms with Crippen molar-refractivity contribution in [2.75, 3.05) is 11.9 Å². The highest BCUT2D eigenvalue weighted by Crippen LogP contribution is 2.48. The maximum absolute atomic E-state index is 14.1. The second-order valence-corrected chi connectivity index (χ2v) is 8.51. The molecule has 3 aliphatic rings. The van der Waals surface area contributed by atoms with Crippen molar-refractivity contribution < 1.29 is 28.3 Å². The van der Waals surface area contributed by atoms with Gasteiger partial charge < -0.3 is 9.64 Å². The number of hydrogen-bond donors (Lipinski definition) is 1. The smallest absolute Gasteiger partial charge is 0.410 e. The van der Waals surface area contributed by atoms with Crippen molar-refractivity contribution in [1.29, 1.82) is 0 Å². The average Bonchev–Trinajstić information content (AvgIpc) is 3.48. The van der Waals surface area contributed by atoms with Gasteiger partial charge in [-0.3, -0.25) is 29.6 Å². The Balaban J connectivity index is 1.27. The zero-order valence-corrected chi connectivity index (χ0v) is 17.8. The van der Waals surface area contributed by atoms with Crippen LogP contribution in [0.3, 0.4) is 0 Å². The normalized spacial score (nSPS) is 20.8. The lowest BCUT2D eigenvalue weighted by molar-refractivity contribution is -0.136. The second kappa shape index (κ2) is 7.65. The lowest BCUT2D eigenvalue weighted by atomic mass is 10.0. The number of piperidine rings is 1. The molecule has 10 heteroatoms. The molecule has 9 nitrogen and oxygen atoms in total. The molecule has 1 saturated heterocycles. The van der Waals surface area contributed by atoms with Gasteiger partial charge in [0.15, 0.2) is 5.67 Å². The van der Waals surface area contributed by atoms with Gasteiger partial charge in [0, 0.05) is 25.6 Å². The molecule has 1 unspecified atom stereocenters. The van der Waals surface area contributed by atoms with Crippen molar-refractivity contribution in [3.05, 3.63) is 53.3 Å². The van der Waals surface area contributed by atoms with Crippen molar-refractivity contribution in [2.24, 2.45) is 0 Å². The Morgan fingerprint density at radius 3 is 2.70 bits per heavy atom. The molecule has 2 fully saturated rings. The number of fused-ring (bicyclic) bond motifs is 1. The number of nitrogens with zero attached hydrogens (tertiary/aromatic N) is 3. The highest BCUT2D eigenvalue weighted by atomic mass is 19.1. The summed E-state index contributed by atoms with van der Waals surface area (Å²) in [5, 5.41) is 2.26. The number of hydrogen-bond acceptors (Lipinski definition) is 6. The molecule has 3 heterocycles. The number of nitrogens with one attached hydrogen (secondary N) is 1. The summed E-state index contributed by atoms with van der Waals surface area (Å²) in [5.74, 6) is -1.01. The van der Waals surface area contributed by atoms with Crippen LogP contribution in [0.1, 0.15) is 47.3 Å². The van der Waals surface area contributed by atoms with E-state index in [9.17, 15) is 23.6 Å². The minimum Gasteiger partial charge on any atom is -0.410 e. The number of benzene rings is 1. The molecule has 1 saturated carbocycles. The molecule has 2 aromatic rings. The van der Waals surface area contributed by atoms with Crippen LogP contribution in [0.2, 0.25) is 0 Å². The Bertz CT molecular complexity index is 1180. The third kappa shape index (κ3) is 3.81. The van der Waals surface area contributed by atoms with Gasteiger partial charge in [-0.1, -0.05) is 6.07 Å². The van der Waals surface area contributed by atoms with Gasteiger partial charge >= 0.3 is 6.09 Å². The molecule has 1 aliphatic carbocycles. The summed E-state index contributed by atoms with van der Waals surface area (Å²) in [6.07, 6.45) is 2.07. The zero-order chi connectivity index (χ0) is 23.3. The first-order chi connectivity index (χ1) is 15.7. The van der Waals surface area contributed by atoms with Crippen LogP contribution in [0.25, 0.3) is 0 Å². The molecule has 4 amide bonds. The Hall–Kier alpha value is -3.82. The number of halogens is 1. The molecular weight excluding hydrogens is 431 g/mol. The van der Waals surface area contributed by atoms with Crippen LogP contribution >= 0.6 is 0 Å². The van der Waals surface area contributed by atoms with E-state index in [0.717, 1.165) is 0 Å². The van der Waals surface area contributed by atoms with E-state index in [1.165, 1.54) is 29.1 Å². The Kier molecular flexibility index (Phi) is 4.88. The number of alkyl halides is 1. The first-order valence-corrected chi connectivity index (χ1v) is 10.6. The molecule has 1 N–H and O–H groups in total. The Labute approximate surface area is 188 Å². The van der Waals surface area contributed by atoms with Gasteiger partial charge in [-0.25, -0.2) is 9.18 Å². The highest BCUT2D eigenvalue weighted by molar-refractivity contribution is 6.05. The van der Waals surface area contributed by atoms with Crippen LogP contribution in [0.15, 0.2) is 36.5 Å². The standard InChI is InChI=1S/C23H21FN4O5/c1-27(14-3-6-18(25-11-14)23(24)8-9-23)22(32)33-15-4-2-13-12-28(21(31)16(13)10-15)17-5-7-19(29)26-20(17)30/h2-4,6,10-11,17H,5,7-9,12H2,1H3,(H,26,29,30). The minimum absolute atomic E-state index is 0.174. The fourth-order valence-corrected chi connectivity index (χ4v) is 4.09. The molecule has 0 radical (unpaired) electrons. The second-order valence-electron chi connectivity index (χ2n) is 8.51. The monoisotopic (exact) mass is 452 g/mol. The molecule has 0 bridgehead atoms. The number of ether oxygens (including phenoxy) is 1. The van der Waals surface area contributed by atoms with Crippen LogP contribution in [0.4, 0.5) is 14.9 Å². The van der Waals surface area contributed by atoms with Gasteiger partial charge in [-0.05, 0) is 49.1 Å². The number of aromatic nitrogens is 1. The summed E-state index contributed by atoms with van der Waals surface area (Å²) >= 11 is 0. The quantitative estimate of drug-likeness (QED) is 0.714. The SMILES string of the molecule is CN(C(=O)Oc1ccc2c(c1)C(=O)N(C1CCC(=O)NC1=O)C2)c1ccc(C2(F)CC2)nc1. The van der Waals surface area contributed by atoms with E-state index in [4.69, 9.17) is 4.74 Å². The van der Waals surface area contributed by atoms with E-state index in [1.54, 1.807) is 24.3 Å². The van der Waals surface area contributed by atoms with Gasteiger partial charge in [-0.15, -0.1) is 0 Å². The van der Waals surface area contributed by atoms with E-state index in [-0.39, 0.29) is 37.0 Å². The molecule has 170 valence electrons. The molecule has 5 rings (SSSR count). The van der Waals surface area contributed by atoms with E-state index in [0.29, 0.717) is 35.3 Å². The number of carbonyl (C=O) groups is 4. The van der Waals surface area contributed by atoms with Crippen LogP contribution in [0.5, 0.6) is 5.75 Å². The highest BCUT2D eigenvalue weighted by Gasteiger charge is 2.46. The zero-order valence-electron chi connectivity index (χ0n) is 17.8. The van der Waals surface area contributed by atoms with Gasteiger partial charge in [0.05, 0.1) is 17.6 Å². The minimum atomic E-state index is -1.35. The number of pyridine rings is 1. The summed E-state index contributed by atoms with van der Waals surface area (Å²) in [4.78, 5) is 55.8. The van der Waals surface area contributed by atoms with Gasteiger partial charge in [0.2, 0.25) is 11.8 Å². The Morgan fingerprint density at radius 2 is 2.03 bits per heavy atom. The summed E-state index contributed by atoms with van der Waals surface area (Å²) < 4.78 is 19.5. The van der Waals surface area contributed by atoms with Crippen molar-refractivity contribution >= 4 is 29.5 Å². The summed E-state index contributed by atoms with van der Waals surface area (Å²) in [5.41, 5.74) is 0.491. The molecule has 1 aromatic heterocycles. The topological polar surface area (TPSA) is 109 Å². The molecule has 33 heavy (non-hydrogen) atoms. The third-order valence-electron chi connectivity index (χ3n) is 6.26. The van der Waals surface area contributed by atoms with Crippen molar-refractivity contribution in [3.8, 4) is 5.75 Å². The largest absolute Gasteiger partial charge is 0.419 e. The van der Waals surface area contributed by atoms with E-state index in [1.807, 2.05) is 0 Å². The van der Waals surface area contributed by atoms with Crippen LogP contribution in [-0.2, 0) is 21.8 Å². The van der Waals surface area contributed by atoms with E-state index >= 15 is 0 Å². The molecule has 2 aliphatic heterocycles. The molecule has 1 atom stereocenters. The number of imide groups is 1. The molecular formula is C23H21FN4O5. The van der Waals surface area contributed by atoms with Crippen LogP contribution in [-0.4, -0.2) is 46.8 Å². The predicted octanol–water partition coefficient (Wildman–Crippen LogP) is 2.44. The molecule has 0 spiro atoms. The average molecular weight is 452 g/mol. The van der Waals surface area contributed by atoms with Crippen LogP contribution < -0.4 is 15.0 Å². The first-order valence-electron chi connectivity index (χ1n) is 10.6. The van der Waals surface area contributed by atoms with E-state index in [2.05, 4.69) is 10.3 Å². The van der Waals surface area contributed by atoms with Gasteiger partial charge in [-0.2, -0.15) is 0 Å². The summed E-state index contributed by atoms with van der Waals surface area (Å²) in [6, 6.07) is 7.17. The number of anilines is 1. The van der Waals surface area contributed by atoms with E-state index < -0.39 is 23.7 Å². The van der Waals surface area contributed by atoms with Crippen LogP contribution in [0, 0.1) is 0 Å². The van der Waals surface area contributed by atoms with Crippen molar-refractivity contribution in [3.63, 3.8) is 0 Å². The number of amides is 4. The number of rotatable bonds is 4. The summed E-state index contributed by atoms with van der Waals surface area (Å²) in [6.45, 7) is 0.239. The lowest BCUT2D eigenvalue weighted by Crippen LogP contribution is -2.52. The summed E-state index contributed by atoms with van der Waals surface area (Å²) in [7, 11) is 1.50. The maximum atomic E-state index is 14.1. The third-order valence-corrected chi connectivity index (χ3v) is 6.26. The maximum Gasteiger partial charge on any atom is 0.419 e. The van der Waals surface area contributed by atoms with Crippen molar-refractivity contribution in [1.82, 2.24) is 15.2 Å². The van der Waals surface area contributed by atoms with Crippen molar-refractivity contribution in [2.45, 2.75) is 43.9 Å². The van der Waals surface area contributed by atoms with Gasteiger partial charge in [0.1, 0.15) is 11.8 Å². The molecule has 1 aromatic carbocycles. The van der Waals surface area contributed by atoms with Gasteiger partial charge in [0.25, 0.3) is 5.91 Å².